The molecule has 0 heterocycles. The van der Waals surface area contributed by atoms with Crippen LogP contribution in [0.1, 0.15) is 12.0 Å². The maximum Gasteiger partial charge on any atom is 0.240 e. The Balaban J connectivity index is 2.82. The van der Waals surface area contributed by atoms with E-state index in [9.17, 15) is 16.8 Å². The summed E-state index contributed by atoms with van der Waals surface area (Å²) in [6.07, 6.45) is 1.34. The summed E-state index contributed by atoms with van der Waals surface area (Å²) in [6, 6.07) is 3.00. The number of benzene rings is 1. The molecule has 0 aromatic heterocycles. The summed E-state index contributed by atoms with van der Waals surface area (Å²) in [5.74, 6) is -0.0586. The second kappa shape index (κ2) is 6.42. The number of nitrogens with one attached hydrogen (secondary N) is 1. The second-order valence-corrected chi connectivity index (χ2v) is 9.37. The summed E-state index contributed by atoms with van der Waals surface area (Å²) < 4.78 is 49.1. The Bertz CT molecular complexity index is 699. The average molecular weight is 385 g/mol. The molecule has 0 aliphatic rings. The second-order valence-electron chi connectivity index (χ2n) is 4.52. The fourth-order valence-corrected chi connectivity index (χ4v) is 4.04. The highest BCUT2D eigenvalue weighted by Gasteiger charge is 2.18. The van der Waals surface area contributed by atoms with Crippen molar-refractivity contribution >= 4 is 41.5 Å². The third-order valence-electron chi connectivity index (χ3n) is 2.57. The fourth-order valence-electron chi connectivity index (χ4n) is 1.58. The van der Waals surface area contributed by atoms with Gasteiger partial charge in [0.2, 0.25) is 10.0 Å². The van der Waals surface area contributed by atoms with Gasteiger partial charge in [-0.3, -0.25) is 0 Å². The van der Waals surface area contributed by atoms with Crippen molar-refractivity contribution in [3.05, 3.63) is 22.2 Å². The quantitative estimate of drug-likeness (QED) is 0.563. The van der Waals surface area contributed by atoms with Gasteiger partial charge in [-0.1, -0.05) is 0 Å². The van der Waals surface area contributed by atoms with Crippen LogP contribution in [0.4, 0.5) is 5.69 Å². The molecule has 0 fully saturated rings. The Hall–Kier alpha value is -0.640. The van der Waals surface area contributed by atoms with Crippen molar-refractivity contribution in [2.24, 2.45) is 0 Å². The van der Waals surface area contributed by atoms with Crippen molar-refractivity contribution < 1.29 is 16.8 Å². The van der Waals surface area contributed by atoms with E-state index < -0.39 is 19.9 Å². The van der Waals surface area contributed by atoms with Gasteiger partial charge in [-0.2, -0.15) is 0 Å². The molecular weight excluding hydrogens is 368 g/mol. The molecule has 0 amide bonds. The first kappa shape index (κ1) is 17.4. The van der Waals surface area contributed by atoms with Crippen molar-refractivity contribution in [2.75, 3.05) is 24.3 Å². The molecule has 114 valence electrons. The monoisotopic (exact) mass is 384 g/mol. The maximum absolute atomic E-state index is 12.1. The van der Waals surface area contributed by atoms with E-state index in [0.29, 0.717) is 15.7 Å². The summed E-state index contributed by atoms with van der Waals surface area (Å²) in [5.41, 5.74) is 6.56. The molecule has 1 aromatic carbocycles. The van der Waals surface area contributed by atoms with E-state index in [1.165, 1.54) is 6.07 Å². The van der Waals surface area contributed by atoms with Gasteiger partial charge >= 0.3 is 0 Å². The lowest BCUT2D eigenvalue weighted by Crippen LogP contribution is -2.27. The Kier molecular flexibility index (Phi) is 5.59. The number of hydrogen-bond acceptors (Lipinski definition) is 5. The van der Waals surface area contributed by atoms with Crippen LogP contribution in [-0.4, -0.2) is 35.4 Å². The molecule has 9 heteroatoms. The first-order valence-electron chi connectivity index (χ1n) is 5.76. The van der Waals surface area contributed by atoms with Crippen molar-refractivity contribution in [1.29, 1.82) is 0 Å². The lowest BCUT2D eigenvalue weighted by molar-refractivity contribution is 0.577. The standard InChI is InChI=1S/C11H17BrN2O4S2/c1-8-6-9(12)10(13)7-11(8)20(17,18)14-4-3-5-19(2,15)16/h6-7,14H,3-5,13H2,1-2H3. The summed E-state index contributed by atoms with van der Waals surface area (Å²) in [4.78, 5) is 0.0950. The van der Waals surface area contributed by atoms with Gasteiger partial charge in [0, 0.05) is 23.0 Å². The molecule has 3 N–H and O–H groups in total. The van der Waals surface area contributed by atoms with E-state index in [1.807, 2.05) is 0 Å². The topological polar surface area (TPSA) is 106 Å². The highest BCUT2D eigenvalue weighted by atomic mass is 79.9. The van der Waals surface area contributed by atoms with E-state index in [0.717, 1.165) is 6.26 Å². The van der Waals surface area contributed by atoms with Gasteiger partial charge in [0.15, 0.2) is 0 Å². The van der Waals surface area contributed by atoms with Crippen molar-refractivity contribution in [3.8, 4) is 0 Å². The molecule has 6 nitrogen and oxygen atoms in total. The molecule has 20 heavy (non-hydrogen) atoms. The van der Waals surface area contributed by atoms with Crippen LogP contribution in [0.25, 0.3) is 0 Å². The van der Waals surface area contributed by atoms with Gasteiger partial charge in [0.1, 0.15) is 9.84 Å². The van der Waals surface area contributed by atoms with Crippen LogP contribution >= 0.6 is 15.9 Å². The number of anilines is 1. The highest BCUT2D eigenvalue weighted by molar-refractivity contribution is 9.10. The van der Waals surface area contributed by atoms with Crippen LogP contribution in [0.2, 0.25) is 0 Å². The number of nitrogens with two attached hydrogens (primary N) is 1. The lowest BCUT2D eigenvalue weighted by atomic mass is 10.2. The molecule has 1 rings (SSSR count). The molecule has 0 atom stereocenters. The molecule has 0 radical (unpaired) electrons. The third kappa shape index (κ3) is 5.04. The summed E-state index contributed by atoms with van der Waals surface area (Å²) in [5, 5.41) is 0. The molecule has 1 aromatic rings. The van der Waals surface area contributed by atoms with Crippen LogP contribution in [0.3, 0.4) is 0 Å². The van der Waals surface area contributed by atoms with E-state index in [2.05, 4.69) is 20.7 Å². The third-order valence-corrected chi connectivity index (χ3v) is 5.89. The summed E-state index contributed by atoms with van der Waals surface area (Å²) in [6.45, 7) is 1.72. The van der Waals surface area contributed by atoms with E-state index in [1.54, 1.807) is 13.0 Å². The minimum atomic E-state index is -3.69. The highest BCUT2D eigenvalue weighted by Crippen LogP contribution is 2.26. The number of hydrogen-bond donors (Lipinski definition) is 2. The Morgan fingerprint density at radius 3 is 2.40 bits per heavy atom. The minimum absolute atomic E-state index is 0.0586. The molecule has 0 bridgehead atoms. The Morgan fingerprint density at radius 2 is 1.85 bits per heavy atom. The molecule has 0 aliphatic heterocycles. The normalized spacial score (nSPS) is 12.6. The van der Waals surface area contributed by atoms with Crippen molar-refractivity contribution in [3.63, 3.8) is 0 Å². The average Bonchev–Trinajstić information content (AvgIpc) is 2.28. The van der Waals surface area contributed by atoms with Crippen LogP contribution < -0.4 is 10.5 Å². The van der Waals surface area contributed by atoms with Crippen molar-refractivity contribution in [2.45, 2.75) is 18.2 Å². The number of sulfonamides is 1. The largest absolute Gasteiger partial charge is 0.398 e. The predicted molar refractivity (Wildman–Crippen MR) is 82.8 cm³/mol. The van der Waals surface area contributed by atoms with Crippen LogP contribution in [0.5, 0.6) is 0 Å². The predicted octanol–water partition coefficient (Wildman–Crippen LogP) is 1.05. The zero-order valence-electron chi connectivity index (χ0n) is 11.2. The number of sulfone groups is 1. The zero-order valence-corrected chi connectivity index (χ0v) is 14.4. The number of aryl methyl sites for hydroxylation is 1. The molecular formula is C11H17BrN2O4S2. The molecule has 0 spiro atoms. The first-order chi connectivity index (χ1) is 9.03. The minimum Gasteiger partial charge on any atom is -0.398 e. The first-order valence-corrected chi connectivity index (χ1v) is 10.1. The Morgan fingerprint density at radius 1 is 1.25 bits per heavy atom. The van der Waals surface area contributed by atoms with Gasteiger partial charge in [0.25, 0.3) is 0 Å². The van der Waals surface area contributed by atoms with Gasteiger partial charge in [0.05, 0.1) is 10.6 Å². The zero-order chi connectivity index (χ0) is 15.6. The molecule has 0 saturated carbocycles. The van der Waals surface area contributed by atoms with Crippen LogP contribution in [0.15, 0.2) is 21.5 Å². The van der Waals surface area contributed by atoms with E-state index >= 15 is 0 Å². The number of halogens is 1. The van der Waals surface area contributed by atoms with Crippen LogP contribution in [-0.2, 0) is 19.9 Å². The van der Waals surface area contributed by atoms with E-state index in [-0.39, 0.29) is 23.6 Å². The summed E-state index contributed by atoms with van der Waals surface area (Å²) in [7, 11) is -6.78. The van der Waals surface area contributed by atoms with Gasteiger partial charge in [-0.15, -0.1) is 0 Å². The van der Waals surface area contributed by atoms with Crippen LogP contribution in [0, 0.1) is 6.92 Å². The number of nitrogen functional groups attached to an aromatic ring is 1. The maximum atomic E-state index is 12.1. The van der Waals surface area contributed by atoms with Gasteiger partial charge in [-0.05, 0) is 47.0 Å². The SMILES string of the molecule is Cc1cc(Br)c(N)cc1S(=O)(=O)NCCCS(C)(=O)=O. The lowest BCUT2D eigenvalue weighted by Gasteiger charge is -2.11. The molecule has 0 aliphatic carbocycles. The fraction of sp³-hybridized carbons (Fsp3) is 0.455. The van der Waals surface area contributed by atoms with Gasteiger partial charge < -0.3 is 5.73 Å². The number of rotatable bonds is 6. The molecule has 0 unspecified atom stereocenters. The Labute approximate surface area is 127 Å². The van der Waals surface area contributed by atoms with Gasteiger partial charge in [-0.25, -0.2) is 21.6 Å². The molecule has 0 saturated heterocycles. The van der Waals surface area contributed by atoms with Crippen molar-refractivity contribution in [1.82, 2.24) is 4.72 Å². The smallest absolute Gasteiger partial charge is 0.240 e. The van der Waals surface area contributed by atoms with E-state index in [4.69, 9.17) is 5.73 Å². The summed E-state index contributed by atoms with van der Waals surface area (Å²) >= 11 is 3.23.